The molecule has 7 heteroatoms. The van der Waals surface area contributed by atoms with Crippen LogP contribution in [0.2, 0.25) is 0 Å². The van der Waals surface area contributed by atoms with Crippen molar-refractivity contribution in [1.82, 2.24) is 0 Å². The van der Waals surface area contributed by atoms with Gasteiger partial charge in [0.25, 0.3) is 0 Å². The smallest absolute Gasteiger partial charge is 0.726 e. The molecular formula is C19H29NaO5S. The Morgan fingerprint density at radius 3 is 2.73 bits per heavy atom. The van der Waals surface area contributed by atoms with Crippen LogP contribution in [0.25, 0.3) is 0 Å². The summed E-state index contributed by atoms with van der Waals surface area (Å²) in [6.07, 6.45) is 1.49. The number of aliphatic hydroxyl groups excluding tert-OH is 1. The fraction of sp³-hybridized carbons (Fsp3) is 0.895. The maximum Gasteiger partial charge on any atom is 1.00 e. The van der Waals surface area contributed by atoms with Crippen LogP contribution >= 0.6 is 0 Å². The first kappa shape index (κ1) is 17.4. The van der Waals surface area contributed by atoms with E-state index in [1.165, 1.54) is 5.57 Å². The normalized spacial score (nSPS) is 54.3. The molecule has 0 bridgehead atoms. The molecule has 0 spiro atoms. The zero-order valence-corrected chi connectivity index (χ0v) is 18.6. The summed E-state index contributed by atoms with van der Waals surface area (Å²) in [5.74, 6) is 0.185. The molecule has 0 aromatic rings. The van der Waals surface area contributed by atoms with Crippen LogP contribution in [0.4, 0.5) is 0 Å². The summed E-state index contributed by atoms with van der Waals surface area (Å²) in [4.78, 5) is 0. The van der Waals surface area contributed by atoms with Crippen molar-refractivity contribution >= 4 is 10.4 Å². The maximum atomic E-state index is 11.4. The van der Waals surface area contributed by atoms with E-state index in [0.717, 1.165) is 25.7 Å². The topological polar surface area (TPSA) is 86.7 Å². The number of rotatable bonds is 2. The third-order valence-corrected chi connectivity index (χ3v) is 8.02. The fourth-order valence-electron chi connectivity index (χ4n) is 6.25. The molecular weight excluding hydrogens is 363 g/mol. The molecule has 4 rings (SSSR count). The Balaban J connectivity index is 0.00000240. The van der Waals surface area contributed by atoms with Crippen LogP contribution in [-0.2, 0) is 14.6 Å². The molecule has 3 fully saturated rings. The van der Waals surface area contributed by atoms with E-state index in [-0.39, 0.29) is 59.3 Å². The molecule has 5 nitrogen and oxygen atoms in total. The average molecular weight is 396 g/mol. The molecule has 4 aliphatic rings. The minimum absolute atomic E-state index is 0. The van der Waals surface area contributed by atoms with Crippen LogP contribution in [0, 0.1) is 28.6 Å². The monoisotopic (exact) mass is 395 g/mol. The predicted molar refractivity (Wildman–Crippen MR) is 92.3 cm³/mol. The van der Waals surface area contributed by atoms with E-state index in [2.05, 4.69) is 17.2 Å². The Bertz CT molecular complexity index is 821. The predicted octanol–water partition coefficient (Wildman–Crippen LogP) is 0.160. The standard InChI is InChI=1S/C19H30O5S.Na/c1-18-9-7-13(20)11-12(18)3-4-14-15-5-6-17(24-25(21,22)23)19(15,2)10-8-16(14)18;/h3,13-17,20H,4-11H2,1-2H3,(H,21,22,23);/q;+1/p-1/t13-,14-,15-,16-,17-,18-,19-;/m0./s1/i6D2,17D;. The summed E-state index contributed by atoms with van der Waals surface area (Å²) < 4.78 is 64.2. The van der Waals surface area contributed by atoms with Crippen LogP contribution < -0.4 is 29.6 Å². The largest absolute Gasteiger partial charge is 1.00 e. The first-order chi connectivity index (χ1) is 12.7. The molecule has 0 amide bonds. The molecule has 0 unspecified atom stereocenters. The first-order valence-electron chi connectivity index (χ1n) is 10.8. The van der Waals surface area contributed by atoms with Gasteiger partial charge in [-0.1, -0.05) is 25.5 Å². The molecule has 7 atom stereocenters. The summed E-state index contributed by atoms with van der Waals surface area (Å²) in [6, 6.07) is 0. The number of allylic oxidation sites excluding steroid dienone is 1. The van der Waals surface area contributed by atoms with Crippen LogP contribution in [-0.4, -0.2) is 30.3 Å². The molecule has 26 heavy (non-hydrogen) atoms. The van der Waals surface area contributed by atoms with Gasteiger partial charge in [0.1, 0.15) is 0 Å². The van der Waals surface area contributed by atoms with Crippen molar-refractivity contribution in [3.63, 3.8) is 0 Å². The van der Waals surface area contributed by atoms with Crippen molar-refractivity contribution in [2.24, 2.45) is 28.6 Å². The minimum atomic E-state index is -5.21. The van der Waals surface area contributed by atoms with Gasteiger partial charge in [0.05, 0.1) is 13.6 Å². The molecule has 3 saturated carbocycles. The van der Waals surface area contributed by atoms with E-state index in [4.69, 9.17) is 4.11 Å². The van der Waals surface area contributed by atoms with Gasteiger partial charge in [0.2, 0.25) is 10.4 Å². The second-order valence-corrected chi connectivity index (χ2v) is 9.80. The molecule has 0 heterocycles. The van der Waals surface area contributed by atoms with Crippen LogP contribution in [0.3, 0.4) is 0 Å². The third kappa shape index (κ3) is 3.38. The Morgan fingerprint density at radius 1 is 1.31 bits per heavy atom. The van der Waals surface area contributed by atoms with Gasteiger partial charge in [0, 0.05) is 2.74 Å². The van der Waals surface area contributed by atoms with Crippen LogP contribution in [0.15, 0.2) is 11.6 Å². The quantitative estimate of drug-likeness (QED) is 0.312. The molecule has 0 aromatic carbocycles. The zero-order chi connectivity index (χ0) is 20.8. The molecule has 0 radical (unpaired) electrons. The van der Waals surface area contributed by atoms with Gasteiger partial charge < -0.3 is 9.66 Å². The Hall–Kier alpha value is 0.570. The van der Waals surface area contributed by atoms with Gasteiger partial charge in [-0.2, -0.15) is 0 Å². The zero-order valence-electron chi connectivity index (χ0n) is 18.8. The number of hydrogen-bond donors (Lipinski definition) is 1. The summed E-state index contributed by atoms with van der Waals surface area (Å²) in [7, 11) is -5.21. The molecule has 0 saturated heterocycles. The van der Waals surface area contributed by atoms with Gasteiger partial charge in [-0.05, 0) is 79.9 Å². The minimum Gasteiger partial charge on any atom is -0.726 e. The second kappa shape index (κ2) is 7.12. The summed E-state index contributed by atoms with van der Waals surface area (Å²) in [6.45, 7) is 3.96. The van der Waals surface area contributed by atoms with E-state index in [1.807, 2.05) is 0 Å². The Morgan fingerprint density at radius 2 is 2.04 bits per heavy atom. The van der Waals surface area contributed by atoms with Crippen molar-refractivity contribution < 1.29 is 55.9 Å². The van der Waals surface area contributed by atoms with E-state index in [9.17, 15) is 18.1 Å². The van der Waals surface area contributed by atoms with Crippen molar-refractivity contribution in [1.29, 1.82) is 0 Å². The average Bonchev–Trinajstić information content (AvgIpc) is 2.70. The third-order valence-electron chi connectivity index (χ3n) is 7.65. The van der Waals surface area contributed by atoms with Crippen molar-refractivity contribution in [2.45, 2.75) is 77.4 Å². The molecule has 1 N–H and O–H groups in total. The second-order valence-electron chi connectivity index (χ2n) is 8.81. The summed E-state index contributed by atoms with van der Waals surface area (Å²) in [5, 5.41) is 10.1. The van der Waals surface area contributed by atoms with Gasteiger partial charge in [-0.25, -0.2) is 8.42 Å². The van der Waals surface area contributed by atoms with E-state index >= 15 is 0 Å². The maximum absolute atomic E-state index is 11.4. The van der Waals surface area contributed by atoms with E-state index in [0.29, 0.717) is 18.8 Å². The van der Waals surface area contributed by atoms with E-state index < -0.39 is 28.3 Å². The van der Waals surface area contributed by atoms with Gasteiger partial charge in [-0.15, -0.1) is 0 Å². The van der Waals surface area contributed by atoms with Gasteiger partial charge >= 0.3 is 29.6 Å². The number of aliphatic hydroxyl groups is 1. The molecule has 142 valence electrons. The van der Waals surface area contributed by atoms with Crippen LogP contribution in [0.5, 0.6) is 0 Å². The van der Waals surface area contributed by atoms with Crippen molar-refractivity contribution in [3.8, 4) is 0 Å². The number of fused-ring (bicyclic) bond motifs is 5. The SMILES string of the molecule is [2H]C1([2H])C[C@H]2[C@@H]3CC=C4C[C@@H](O)CC[C@]4(C)[C@H]3CC[C@]2(C)[C@@]1([2H])OS(=O)(=O)[O-].[Na+]. The Kier molecular flexibility index (Phi) is 4.77. The summed E-state index contributed by atoms with van der Waals surface area (Å²) >= 11 is 0. The van der Waals surface area contributed by atoms with Gasteiger partial charge in [-0.3, -0.25) is 4.18 Å². The molecule has 0 aliphatic heterocycles. The van der Waals surface area contributed by atoms with Crippen molar-refractivity contribution in [2.75, 3.05) is 0 Å². The first-order valence-corrected chi connectivity index (χ1v) is 10.6. The van der Waals surface area contributed by atoms with Crippen molar-refractivity contribution in [3.05, 3.63) is 11.6 Å². The van der Waals surface area contributed by atoms with E-state index in [1.54, 1.807) is 6.92 Å². The van der Waals surface area contributed by atoms with Gasteiger partial charge in [0.15, 0.2) is 0 Å². The fourth-order valence-corrected chi connectivity index (χ4v) is 6.71. The van der Waals surface area contributed by atoms with Crippen LogP contribution in [0.1, 0.15) is 69.3 Å². The Labute approximate surface area is 183 Å². The summed E-state index contributed by atoms with van der Waals surface area (Å²) in [5.41, 5.74) is 0.188. The molecule has 0 aromatic heterocycles. The molecule has 4 aliphatic carbocycles. The number of hydrogen-bond acceptors (Lipinski definition) is 5.